The van der Waals surface area contributed by atoms with E-state index >= 15 is 0 Å². The van der Waals surface area contributed by atoms with Crippen molar-refractivity contribution in [3.05, 3.63) is 12.2 Å². The number of carbonyl (C=O) groups excluding carboxylic acids is 1. The van der Waals surface area contributed by atoms with Gasteiger partial charge in [0, 0.05) is 11.3 Å². The third kappa shape index (κ3) is 1.45. The van der Waals surface area contributed by atoms with E-state index in [1.165, 1.54) is 32.1 Å². The second-order valence-electron chi connectivity index (χ2n) is 8.22. The third-order valence-electron chi connectivity index (χ3n) is 7.37. The fourth-order valence-corrected chi connectivity index (χ4v) is 6.30. The van der Waals surface area contributed by atoms with Gasteiger partial charge in [0.1, 0.15) is 5.78 Å². The number of carbonyl (C=O) groups is 1. The molecule has 0 unspecified atom stereocenters. The van der Waals surface area contributed by atoms with Gasteiger partial charge in [-0.05, 0) is 61.7 Å². The molecule has 0 amide bonds. The van der Waals surface area contributed by atoms with Gasteiger partial charge in [-0.15, -0.1) is 0 Å². The SMILES string of the molecule is C[C@@]12CCC[C@H]1[C@@H]1C[C@@H]3C=CC[C@](C)(C3=O)[C@@H]1CC2. The molecule has 0 radical (unpaired) electrons. The van der Waals surface area contributed by atoms with E-state index < -0.39 is 0 Å². The highest BCUT2D eigenvalue weighted by Gasteiger charge is 2.59. The van der Waals surface area contributed by atoms with Crippen LogP contribution in [0.1, 0.15) is 58.8 Å². The van der Waals surface area contributed by atoms with Crippen molar-refractivity contribution < 1.29 is 4.79 Å². The van der Waals surface area contributed by atoms with Gasteiger partial charge in [0.2, 0.25) is 0 Å². The van der Waals surface area contributed by atoms with Crippen molar-refractivity contribution >= 4 is 5.78 Å². The Morgan fingerprint density at radius 1 is 1.16 bits per heavy atom. The van der Waals surface area contributed by atoms with Crippen LogP contribution in [0.3, 0.4) is 0 Å². The molecule has 0 saturated heterocycles. The predicted octanol–water partition coefficient (Wildman–Crippen LogP) is 4.37. The van der Waals surface area contributed by atoms with Gasteiger partial charge in [-0.3, -0.25) is 4.79 Å². The van der Waals surface area contributed by atoms with Gasteiger partial charge in [-0.25, -0.2) is 0 Å². The molecule has 4 rings (SSSR count). The molecule has 0 aliphatic heterocycles. The number of allylic oxidation sites excluding steroid dienone is 2. The van der Waals surface area contributed by atoms with Crippen LogP contribution in [0.5, 0.6) is 0 Å². The molecule has 2 bridgehead atoms. The minimum Gasteiger partial charge on any atom is -0.298 e. The zero-order valence-electron chi connectivity index (χ0n) is 12.3. The van der Waals surface area contributed by atoms with E-state index in [2.05, 4.69) is 26.0 Å². The summed E-state index contributed by atoms with van der Waals surface area (Å²) in [7, 11) is 0. The summed E-state index contributed by atoms with van der Waals surface area (Å²) in [6, 6.07) is 0. The highest BCUT2D eigenvalue weighted by Crippen LogP contribution is 2.64. The van der Waals surface area contributed by atoms with Crippen molar-refractivity contribution in [3.63, 3.8) is 0 Å². The van der Waals surface area contributed by atoms with Crippen molar-refractivity contribution in [3.8, 4) is 0 Å². The Kier molecular flexibility index (Phi) is 2.40. The van der Waals surface area contributed by atoms with Crippen LogP contribution >= 0.6 is 0 Å². The second-order valence-corrected chi connectivity index (χ2v) is 8.22. The fourth-order valence-electron chi connectivity index (χ4n) is 6.30. The highest BCUT2D eigenvalue weighted by molar-refractivity contribution is 5.90. The van der Waals surface area contributed by atoms with Crippen LogP contribution < -0.4 is 0 Å². The summed E-state index contributed by atoms with van der Waals surface area (Å²) < 4.78 is 0. The Morgan fingerprint density at radius 2 is 2.00 bits per heavy atom. The molecule has 104 valence electrons. The lowest BCUT2D eigenvalue weighted by Gasteiger charge is -2.57. The predicted molar refractivity (Wildman–Crippen MR) is 76.6 cm³/mol. The lowest BCUT2D eigenvalue weighted by atomic mass is 9.46. The maximum absolute atomic E-state index is 12.7. The average Bonchev–Trinajstić information content (AvgIpc) is 2.75. The lowest BCUT2D eigenvalue weighted by molar-refractivity contribution is -0.149. The van der Waals surface area contributed by atoms with Crippen LogP contribution in [0, 0.1) is 34.5 Å². The molecule has 1 nitrogen and oxygen atoms in total. The molecule has 19 heavy (non-hydrogen) atoms. The van der Waals surface area contributed by atoms with Crippen molar-refractivity contribution in [2.75, 3.05) is 0 Å². The third-order valence-corrected chi connectivity index (χ3v) is 7.37. The minimum absolute atomic E-state index is 0.0216. The van der Waals surface area contributed by atoms with Gasteiger partial charge in [0.15, 0.2) is 0 Å². The van der Waals surface area contributed by atoms with E-state index in [1.54, 1.807) is 0 Å². The topological polar surface area (TPSA) is 17.1 Å². The van der Waals surface area contributed by atoms with Crippen molar-refractivity contribution in [1.29, 1.82) is 0 Å². The normalized spacial score (nSPS) is 55.8. The van der Waals surface area contributed by atoms with E-state index in [0.29, 0.717) is 17.1 Å². The quantitative estimate of drug-likeness (QED) is 0.589. The number of ketones is 1. The van der Waals surface area contributed by atoms with Gasteiger partial charge in [-0.1, -0.05) is 32.4 Å². The first-order chi connectivity index (χ1) is 9.05. The number of rotatable bonds is 0. The molecule has 3 saturated carbocycles. The molecule has 4 aliphatic rings. The van der Waals surface area contributed by atoms with Crippen LogP contribution in [0.25, 0.3) is 0 Å². The summed E-state index contributed by atoms with van der Waals surface area (Å²) in [5.74, 6) is 3.24. The van der Waals surface area contributed by atoms with E-state index in [4.69, 9.17) is 0 Å². The highest BCUT2D eigenvalue weighted by atomic mass is 16.1. The molecule has 0 N–H and O–H groups in total. The van der Waals surface area contributed by atoms with Gasteiger partial charge in [-0.2, -0.15) is 0 Å². The lowest BCUT2D eigenvalue weighted by Crippen LogP contribution is -2.54. The van der Waals surface area contributed by atoms with E-state index in [9.17, 15) is 4.79 Å². The minimum atomic E-state index is -0.0216. The van der Waals surface area contributed by atoms with Crippen LogP contribution in [-0.2, 0) is 4.79 Å². The Bertz CT molecular complexity index is 451. The van der Waals surface area contributed by atoms with Crippen LogP contribution in [-0.4, -0.2) is 5.78 Å². The van der Waals surface area contributed by atoms with Gasteiger partial charge in [0.05, 0.1) is 0 Å². The Labute approximate surface area is 116 Å². The van der Waals surface area contributed by atoms with Crippen molar-refractivity contribution in [1.82, 2.24) is 0 Å². The molecule has 4 aliphatic carbocycles. The van der Waals surface area contributed by atoms with Gasteiger partial charge >= 0.3 is 0 Å². The summed E-state index contributed by atoms with van der Waals surface area (Å²) in [6.07, 6.45) is 13.7. The molecule has 0 aromatic rings. The van der Waals surface area contributed by atoms with Crippen molar-refractivity contribution in [2.24, 2.45) is 34.5 Å². The Balaban J connectivity index is 1.75. The van der Waals surface area contributed by atoms with Crippen LogP contribution in [0.15, 0.2) is 12.2 Å². The Morgan fingerprint density at radius 3 is 2.84 bits per heavy atom. The van der Waals surface area contributed by atoms with E-state index in [-0.39, 0.29) is 11.3 Å². The first-order valence-corrected chi connectivity index (χ1v) is 8.26. The summed E-state index contributed by atoms with van der Waals surface area (Å²) >= 11 is 0. The fraction of sp³-hybridized carbons (Fsp3) is 0.833. The van der Waals surface area contributed by atoms with Gasteiger partial charge in [0.25, 0.3) is 0 Å². The zero-order valence-corrected chi connectivity index (χ0v) is 12.3. The summed E-state index contributed by atoms with van der Waals surface area (Å²) in [6.45, 7) is 4.81. The first-order valence-electron chi connectivity index (χ1n) is 8.26. The molecule has 3 fully saturated rings. The molecule has 0 spiro atoms. The number of fused-ring (bicyclic) bond motifs is 6. The monoisotopic (exact) mass is 258 g/mol. The number of Topliss-reactive ketones (excluding diaryl/α,β-unsaturated/α-hetero) is 1. The van der Waals surface area contributed by atoms with Crippen LogP contribution in [0.2, 0.25) is 0 Å². The summed E-state index contributed by atoms with van der Waals surface area (Å²) in [4.78, 5) is 12.7. The number of hydrogen-bond donors (Lipinski definition) is 0. The smallest absolute Gasteiger partial charge is 0.146 e. The maximum Gasteiger partial charge on any atom is 0.146 e. The average molecular weight is 258 g/mol. The molecular formula is C18H26O. The van der Waals surface area contributed by atoms with E-state index in [1.807, 2.05) is 0 Å². The molecule has 0 heterocycles. The standard InChI is InChI=1S/C18H26O/c1-17-8-4-6-14(17)13-11-12-5-3-9-18(2,16(12)19)15(13)7-10-17/h3,5,12-15H,4,6-11H2,1-2H3/t12-,13-,14-,15+,17-,18-/m0/s1. The maximum atomic E-state index is 12.7. The van der Waals surface area contributed by atoms with Crippen LogP contribution in [0.4, 0.5) is 0 Å². The molecule has 6 atom stereocenters. The molecular weight excluding hydrogens is 232 g/mol. The summed E-state index contributed by atoms with van der Waals surface area (Å²) in [5.41, 5.74) is 0.585. The second kappa shape index (κ2) is 3.74. The Hall–Kier alpha value is -0.590. The van der Waals surface area contributed by atoms with Crippen molar-refractivity contribution in [2.45, 2.75) is 58.8 Å². The molecule has 1 heteroatoms. The van der Waals surface area contributed by atoms with Gasteiger partial charge < -0.3 is 0 Å². The van der Waals surface area contributed by atoms with E-state index in [0.717, 1.165) is 24.7 Å². The first kappa shape index (κ1) is 12.2. The zero-order chi connectivity index (χ0) is 13.3. The summed E-state index contributed by atoms with van der Waals surface area (Å²) in [5, 5.41) is 0. The molecule has 0 aromatic heterocycles. The molecule has 0 aromatic carbocycles. The largest absolute Gasteiger partial charge is 0.298 e. The number of hydrogen-bond acceptors (Lipinski definition) is 1.